The first-order valence-electron chi connectivity index (χ1n) is 6.45. The Morgan fingerprint density at radius 3 is 2.67 bits per heavy atom. The van der Waals surface area contributed by atoms with Crippen molar-refractivity contribution in [3.05, 3.63) is 29.0 Å². The van der Waals surface area contributed by atoms with Gasteiger partial charge >= 0.3 is 5.97 Å². The molecule has 0 saturated carbocycles. The largest absolute Gasteiger partial charge is 0.480 e. The zero-order valence-corrected chi connectivity index (χ0v) is 12.7. The van der Waals surface area contributed by atoms with Crippen molar-refractivity contribution >= 4 is 23.2 Å². The average Bonchev–Trinajstić information content (AvgIpc) is 3.03. The number of carboxylic acids is 1. The molecule has 0 spiro atoms. The summed E-state index contributed by atoms with van der Waals surface area (Å²) in [6.07, 6.45) is 1.53. The Labute approximate surface area is 125 Å². The van der Waals surface area contributed by atoms with Crippen LogP contribution in [0.5, 0.6) is 0 Å². The van der Waals surface area contributed by atoms with E-state index in [1.807, 2.05) is 0 Å². The summed E-state index contributed by atoms with van der Waals surface area (Å²) in [6, 6.07) is 2.56. The van der Waals surface area contributed by atoms with Crippen molar-refractivity contribution in [2.45, 2.75) is 26.8 Å². The molecule has 1 atom stereocenters. The Morgan fingerprint density at radius 1 is 1.43 bits per heavy atom. The molecule has 2 N–H and O–H groups in total. The molecule has 1 amide bonds. The molecule has 6 nitrogen and oxygen atoms in total. The van der Waals surface area contributed by atoms with Crippen LogP contribution in [-0.4, -0.2) is 28.0 Å². The van der Waals surface area contributed by atoms with Gasteiger partial charge < -0.3 is 14.8 Å². The lowest BCUT2D eigenvalue weighted by atomic mass is 10.0. The fourth-order valence-electron chi connectivity index (χ4n) is 1.84. The number of aromatic nitrogens is 1. The summed E-state index contributed by atoms with van der Waals surface area (Å²) >= 11 is 1.33. The number of furan rings is 1. The summed E-state index contributed by atoms with van der Waals surface area (Å²) < 4.78 is 5.25. The minimum atomic E-state index is -1.06. The van der Waals surface area contributed by atoms with Gasteiger partial charge in [-0.25, -0.2) is 9.78 Å². The van der Waals surface area contributed by atoms with Crippen molar-refractivity contribution in [1.29, 1.82) is 0 Å². The number of aliphatic carboxylic acids is 1. The number of thiazole rings is 1. The van der Waals surface area contributed by atoms with E-state index in [1.165, 1.54) is 17.6 Å². The Hall–Kier alpha value is -2.15. The fourth-order valence-corrected chi connectivity index (χ4v) is 2.71. The second kappa shape index (κ2) is 6.09. The third kappa shape index (κ3) is 3.30. The van der Waals surface area contributed by atoms with Gasteiger partial charge in [0.1, 0.15) is 11.7 Å². The Bertz CT molecular complexity index is 646. The number of hydrogen-bond donors (Lipinski definition) is 2. The number of nitrogens with zero attached hydrogens (tertiary/aromatic N) is 1. The highest BCUT2D eigenvalue weighted by Gasteiger charge is 2.26. The normalized spacial score (nSPS) is 12.4. The Kier molecular flexibility index (Phi) is 4.42. The number of nitrogens with one attached hydrogen (secondary N) is 1. The number of carboxylic acid groups (broad SMARTS) is 1. The number of carbonyl (C=O) groups excluding carboxylic acids is 1. The van der Waals surface area contributed by atoms with Crippen LogP contribution in [0.15, 0.2) is 22.8 Å². The Balaban J connectivity index is 2.22. The molecule has 0 saturated heterocycles. The van der Waals surface area contributed by atoms with Gasteiger partial charge in [-0.15, -0.1) is 11.3 Å². The molecule has 0 aromatic carbocycles. The minimum absolute atomic E-state index is 0.213. The predicted octanol–water partition coefficient (Wildman–Crippen LogP) is 2.55. The zero-order valence-electron chi connectivity index (χ0n) is 11.9. The summed E-state index contributed by atoms with van der Waals surface area (Å²) in [5, 5.41) is 12.2. The second-order valence-electron chi connectivity index (χ2n) is 4.93. The molecule has 0 fully saturated rings. The third-order valence-corrected chi connectivity index (χ3v) is 3.95. The maximum absolute atomic E-state index is 12.2. The van der Waals surface area contributed by atoms with E-state index in [-0.39, 0.29) is 11.6 Å². The summed E-state index contributed by atoms with van der Waals surface area (Å²) in [6.45, 7) is 5.24. The molecule has 0 aliphatic rings. The third-order valence-electron chi connectivity index (χ3n) is 2.96. The molecule has 21 heavy (non-hydrogen) atoms. The van der Waals surface area contributed by atoms with E-state index in [0.717, 1.165) is 0 Å². The highest BCUT2D eigenvalue weighted by molar-refractivity contribution is 7.15. The van der Waals surface area contributed by atoms with Crippen molar-refractivity contribution in [2.75, 3.05) is 0 Å². The van der Waals surface area contributed by atoms with E-state index in [4.69, 9.17) is 9.52 Å². The van der Waals surface area contributed by atoms with E-state index < -0.39 is 17.9 Å². The monoisotopic (exact) mass is 308 g/mol. The van der Waals surface area contributed by atoms with Crippen molar-refractivity contribution in [2.24, 2.45) is 5.92 Å². The lowest BCUT2D eigenvalue weighted by Crippen LogP contribution is -2.44. The van der Waals surface area contributed by atoms with Crippen molar-refractivity contribution in [3.63, 3.8) is 0 Å². The second-order valence-corrected chi connectivity index (χ2v) is 6.14. The molecule has 1 unspecified atom stereocenters. The van der Waals surface area contributed by atoms with Crippen molar-refractivity contribution in [3.8, 4) is 10.8 Å². The van der Waals surface area contributed by atoms with Crippen molar-refractivity contribution < 1.29 is 19.1 Å². The van der Waals surface area contributed by atoms with E-state index in [2.05, 4.69) is 10.3 Å². The quantitative estimate of drug-likeness (QED) is 0.885. The molecular weight excluding hydrogens is 292 g/mol. The average molecular weight is 308 g/mol. The number of hydrogen-bond acceptors (Lipinski definition) is 5. The minimum Gasteiger partial charge on any atom is -0.480 e. The molecule has 2 aromatic rings. The molecule has 112 valence electrons. The topological polar surface area (TPSA) is 92.4 Å². The molecule has 2 heterocycles. The van der Waals surface area contributed by atoms with Crippen LogP contribution in [0.1, 0.15) is 29.2 Å². The van der Waals surface area contributed by atoms with Crippen LogP contribution < -0.4 is 5.32 Å². The SMILES string of the molecule is Cc1sc(-c2ccco2)nc1C(=O)NC(C(=O)O)C(C)C. The smallest absolute Gasteiger partial charge is 0.326 e. The standard InChI is InChI=1S/C14H16N2O4S/c1-7(2)10(14(18)19)15-12(17)11-8(3)21-13(16-11)9-5-4-6-20-9/h4-7,10H,1-3H3,(H,15,17)(H,18,19). The van der Waals surface area contributed by atoms with Gasteiger partial charge in [0.05, 0.1) is 6.26 Å². The first kappa shape index (κ1) is 15.2. The van der Waals surface area contributed by atoms with Crippen LogP contribution >= 0.6 is 11.3 Å². The van der Waals surface area contributed by atoms with Gasteiger partial charge in [0.2, 0.25) is 0 Å². The molecule has 2 rings (SSSR count). The van der Waals surface area contributed by atoms with E-state index in [1.54, 1.807) is 32.9 Å². The lowest BCUT2D eigenvalue weighted by Gasteiger charge is -2.17. The number of rotatable bonds is 5. The summed E-state index contributed by atoms with van der Waals surface area (Å²) in [5.74, 6) is -1.17. The van der Waals surface area contributed by atoms with Crippen LogP contribution in [0, 0.1) is 12.8 Å². The molecule has 2 aromatic heterocycles. The molecule has 0 aliphatic carbocycles. The van der Waals surface area contributed by atoms with Gasteiger partial charge in [0.25, 0.3) is 5.91 Å². The fraction of sp³-hybridized carbons (Fsp3) is 0.357. The van der Waals surface area contributed by atoms with E-state index >= 15 is 0 Å². The summed E-state index contributed by atoms with van der Waals surface area (Å²) in [5.41, 5.74) is 0.235. The number of aryl methyl sites for hydroxylation is 1. The maximum atomic E-state index is 12.2. The number of carbonyl (C=O) groups is 2. The lowest BCUT2D eigenvalue weighted by molar-refractivity contribution is -0.140. The van der Waals surface area contributed by atoms with Gasteiger partial charge in [-0.05, 0) is 25.0 Å². The maximum Gasteiger partial charge on any atom is 0.326 e. The summed E-state index contributed by atoms with van der Waals surface area (Å²) in [7, 11) is 0. The first-order valence-corrected chi connectivity index (χ1v) is 7.26. The highest BCUT2D eigenvalue weighted by atomic mass is 32.1. The van der Waals surface area contributed by atoms with Crippen molar-refractivity contribution in [1.82, 2.24) is 10.3 Å². The first-order chi connectivity index (χ1) is 9.90. The number of amides is 1. The van der Waals surface area contributed by atoms with Crippen LogP contribution in [0.2, 0.25) is 0 Å². The van der Waals surface area contributed by atoms with Gasteiger partial charge in [-0.1, -0.05) is 13.8 Å². The highest BCUT2D eigenvalue weighted by Crippen LogP contribution is 2.27. The van der Waals surface area contributed by atoms with Crippen LogP contribution in [0.25, 0.3) is 10.8 Å². The van der Waals surface area contributed by atoms with E-state index in [9.17, 15) is 9.59 Å². The van der Waals surface area contributed by atoms with Crippen LogP contribution in [-0.2, 0) is 4.79 Å². The van der Waals surface area contributed by atoms with Gasteiger partial charge in [-0.3, -0.25) is 4.79 Å². The van der Waals surface area contributed by atoms with Crippen LogP contribution in [0.4, 0.5) is 0 Å². The molecule has 7 heteroatoms. The van der Waals surface area contributed by atoms with Gasteiger partial charge in [0, 0.05) is 4.88 Å². The molecule has 0 bridgehead atoms. The van der Waals surface area contributed by atoms with E-state index in [0.29, 0.717) is 15.6 Å². The zero-order chi connectivity index (χ0) is 15.6. The predicted molar refractivity (Wildman–Crippen MR) is 78.3 cm³/mol. The summed E-state index contributed by atoms with van der Waals surface area (Å²) in [4.78, 5) is 28.3. The molecular formula is C14H16N2O4S. The van der Waals surface area contributed by atoms with Gasteiger partial charge in [0.15, 0.2) is 10.8 Å². The van der Waals surface area contributed by atoms with Gasteiger partial charge in [-0.2, -0.15) is 0 Å². The molecule has 0 aliphatic heterocycles. The van der Waals surface area contributed by atoms with Crippen LogP contribution in [0.3, 0.4) is 0 Å². The Morgan fingerprint density at radius 2 is 2.14 bits per heavy atom. The molecule has 0 radical (unpaired) electrons.